The summed E-state index contributed by atoms with van der Waals surface area (Å²) in [5, 5.41) is 0. The first-order valence-corrected chi connectivity index (χ1v) is 4.12. The van der Waals surface area contributed by atoms with E-state index >= 15 is 0 Å². The maximum Gasteiger partial charge on any atom is 0.217 e. The summed E-state index contributed by atoms with van der Waals surface area (Å²) in [6.07, 6.45) is 6.08. The van der Waals surface area contributed by atoms with Gasteiger partial charge in [0.15, 0.2) is 0 Å². The SMILES string of the molecule is CC1=CCC(CC(N)=O)CC1. The number of carbonyl (C=O) groups is 1. The first kappa shape index (κ1) is 8.31. The molecule has 0 spiro atoms. The molecule has 0 aromatic rings. The van der Waals surface area contributed by atoms with E-state index in [2.05, 4.69) is 13.0 Å². The van der Waals surface area contributed by atoms with Gasteiger partial charge in [0, 0.05) is 6.42 Å². The van der Waals surface area contributed by atoms with Gasteiger partial charge in [0.2, 0.25) is 5.91 Å². The summed E-state index contributed by atoms with van der Waals surface area (Å²) in [5.41, 5.74) is 6.55. The van der Waals surface area contributed by atoms with Gasteiger partial charge in [-0.3, -0.25) is 4.79 Å². The predicted octanol–water partition coefficient (Wildman–Crippen LogP) is 1.61. The van der Waals surface area contributed by atoms with Gasteiger partial charge in [0.05, 0.1) is 0 Å². The van der Waals surface area contributed by atoms with E-state index in [1.165, 1.54) is 5.57 Å². The Hall–Kier alpha value is -0.790. The number of primary amides is 1. The zero-order valence-electron chi connectivity index (χ0n) is 6.97. The molecule has 0 saturated heterocycles. The Morgan fingerprint density at radius 2 is 2.55 bits per heavy atom. The Bertz CT molecular complexity index is 184. The van der Waals surface area contributed by atoms with Crippen LogP contribution in [0.3, 0.4) is 0 Å². The molecule has 0 bridgehead atoms. The number of carbonyl (C=O) groups excluding carboxylic acids is 1. The van der Waals surface area contributed by atoms with Crippen LogP contribution >= 0.6 is 0 Å². The van der Waals surface area contributed by atoms with Crippen LogP contribution in [0.25, 0.3) is 0 Å². The van der Waals surface area contributed by atoms with Gasteiger partial charge >= 0.3 is 0 Å². The van der Waals surface area contributed by atoms with Crippen LogP contribution in [-0.2, 0) is 4.79 Å². The molecule has 1 aliphatic carbocycles. The fourth-order valence-corrected chi connectivity index (χ4v) is 1.49. The number of amides is 1. The molecule has 0 radical (unpaired) electrons. The molecule has 11 heavy (non-hydrogen) atoms. The second-order valence-electron chi connectivity index (χ2n) is 3.36. The molecular weight excluding hydrogens is 138 g/mol. The summed E-state index contributed by atoms with van der Waals surface area (Å²) in [5.74, 6) is 0.346. The molecule has 2 N–H and O–H groups in total. The Labute approximate surface area is 67.5 Å². The van der Waals surface area contributed by atoms with E-state index in [1.54, 1.807) is 0 Å². The Morgan fingerprint density at radius 1 is 1.82 bits per heavy atom. The Morgan fingerprint density at radius 3 is 3.00 bits per heavy atom. The van der Waals surface area contributed by atoms with Crippen LogP contribution in [0.1, 0.15) is 32.6 Å². The monoisotopic (exact) mass is 153 g/mol. The molecule has 1 amide bonds. The van der Waals surface area contributed by atoms with Crippen molar-refractivity contribution in [3.05, 3.63) is 11.6 Å². The minimum Gasteiger partial charge on any atom is -0.370 e. The van der Waals surface area contributed by atoms with Crippen molar-refractivity contribution in [1.82, 2.24) is 0 Å². The minimum absolute atomic E-state index is 0.164. The Kier molecular flexibility index (Phi) is 2.69. The topological polar surface area (TPSA) is 43.1 Å². The molecule has 0 aliphatic heterocycles. The van der Waals surface area contributed by atoms with Gasteiger partial charge in [0.1, 0.15) is 0 Å². The zero-order chi connectivity index (χ0) is 8.27. The van der Waals surface area contributed by atoms with Crippen molar-refractivity contribution in [2.75, 3.05) is 0 Å². The summed E-state index contributed by atoms with van der Waals surface area (Å²) >= 11 is 0. The number of hydrogen-bond donors (Lipinski definition) is 1. The predicted molar refractivity (Wildman–Crippen MR) is 44.9 cm³/mol. The van der Waals surface area contributed by atoms with Crippen molar-refractivity contribution in [2.24, 2.45) is 11.7 Å². The van der Waals surface area contributed by atoms with Crippen LogP contribution < -0.4 is 5.73 Å². The fourth-order valence-electron chi connectivity index (χ4n) is 1.49. The average Bonchev–Trinajstić information content (AvgIpc) is 1.93. The van der Waals surface area contributed by atoms with E-state index in [-0.39, 0.29) is 5.91 Å². The van der Waals surface area contributed by atoms with Crippen molar-refractivity contribution in [2.45, 2.75) is 32.6 Å². The third kappa shape index (κ3) is 2.74. The number of rotatable bonds is 2. The van der Waals surface area contributed by atoms with Crippen molar-refractivity contribution < 1.29 is 4.79 Å². The highest BCUT2D eigenvalue weighted by atomic mass is 16.1. The van der Waals surface area contributed by atoms with E-state index < -0.39 is 0 Å². The molecule has 1 unspecified atom stereocenters. The van der Waals surface area contributed by atoms with Gasteiger partial charge in [-0.1, -0.05) is 11.6 Å². The number of allylic oxidation sites excluding steroid dienone is 2. The molecule has 0 aromatic carbocycles. The highest BCUT2D eigenvalue weighted by molar-refractivity contribution is 5.74. The highest BCUT2D eigenvalue weighted by Gasteiger charge is 2.14. The Balaban J connectivity index is 2.35. The lowest BCUT2D eigenvalue weighted by molar-refractivity contribution is -0.118. The van der Waals surface area contributed by atoms with Crippen LogP contribution in [0.4, 0.5) is 0 Å². The van der Waals surface area contributed by atoms with Gasteiger partial charge in [-0.25, -0.2) is 0 Å². The summed E-state index contributed by atoms with van der Waals surface area (Å²) in [6.45, 7) is 2.14. The molecule has 0 aromatic heterocycles. The maximum absolute atomic E-state index is 10.6. The molecule has 0 saturated carbocycles. The van der Waals surface area contributed by atoms with E-state index in [9.17, 15) is 4.79 Å². The molecule has 1 rings (SSSR count). The first-order valence-electron chi connectivity index (χ1n) is 4.12. The summed E-state index contributed by atoms with van der Waals surface area (Å²) in [7, 11) is 0. The van der Waals surface area contributed by atoms with E-state index in [1.807, 2.05) is 0 Å². The molecule has 1 aliphatic rings. The van der Waals surface area contributed by atoms with Gasteiger partial charge in [0.25, 0.3) is 0 Å². The lowest BCUT2D eigenvalue weighted by atomic mass is 9.88. The molecule has 0 heterocycles. The molecule has 62 valence electrons. The van der Waals surface area contributed by atoms with Crippen LogP contribution in [0, 0.1) is 5.92 Å². The molecular formula is C9H15NO. The van der Waals surface area contributed by atoms with Crippen LogP contribution in [-0.4, -0.2) is 5.91 Å². The second kappa shape index (κ2) is 3.56. The lowest BCUT2D eigenvalue weighted by Crippen LogP contribution is -2.17. The molecule has 0 fully saturated rings. The largest absolute Gasteiger partial charge is 0.370 e. The minimum atomic E-state index is -0.164. The van der Waals surface area contributed by atoms with Crippen LogP contribution in [0.15, 0.2) is 11.6 Å². The van der Waals surface area contributed by atoms with Crippen LogP contribution in [0.2, 0.25) is 0 Å². The van der Waals surface area contributed by atoms with E-state index in [0.29, 0.717) is 12.3 Å². The van der Waals surface area contributed by atoms with Crippen molar-refractivity contribution in [3.8, 4) is 0 Å². The maximum atomic E-state index is 10.6. The lowest BCUT2D eigenvalue weighted by Gasteiger charge is -2.18. The summed E-state index contributed by atoms with van der Waals surface area (Å²) in [4.78, 5) is 10.6. The first-order chi connectivity index (χ1) is 5.18. The zero-order valence-corrected chi connectivity index (χ0v) is 6.97. The smallest absolute Gasteiger partial charge is 0.217 e. The molecule has 2 heteroatoms. The van der Waals surface area contributed by atoms with Crippen LogP contribution in [0.5, 0.6) is 0 Å². The van der Waals surface area contributed by atoms with Gasteiger partial charge < -0.3 is 5.73 Å². The fraction of sp³-hybridized carbons (Fsp3) is 0.667. The van der Waals surface area contributed by atoms with Crippen molar-refractivity contribution in [3.63, 3.8) is 0 Å². The average molecular weight is 153 g/mol. The van der Waals surface area contributed by atoms with Gasteiger partial charge in [-0.2, -0.15) is 0 Å². The standard InChI is InChI=1S/C9H15NO/c1-7-2-4-8(5-3-7)6-9(10)11/h2,8H,3-6H2,1H3,(H2,10,11). The normalized spacial score (nSPS) is 24.5. The van der Waals surface area contributed by atoms with Crippen molar-refractivity contribution >= 4 is 5.91 Å². The second-order valence-corrected chi connectivity index (χ2v) is 3.36. The highest BCUT2D eigenvalue weighted by Crippen LogP contribution is 2.25. The molecule has 2 nitrogen and oxygen atoms in total. The van der Waals surface area contributed by atoms with Gasteiger partial charge in [-0.05, 0) is 32.1 Å². The number of hydrogen-bond acceptors (Lipinski definition) is 1. The van der Waals surface area contributed by atoms with E-state index in [4.69, 9.17) is 5.73 Å². The summed E-state index contributed by atoms with van der Waals surface area (Å²) < 4.78 is 0. The summed E-state index contributed by atoms with van der Waals surface area (Å²) in [6, 6.07) is 0. The van der Waals surface area contributed by atoms with Crippen molar-refractivity contribution in [1.29, 1.82) is 0 Å². The third-order valence-corrected chi connectivity index (χ3v) is 2.24. The van der Waals surface area contributed by atoms with Gasteiger partial charge in [-0.15, -0.1) is 0 Å². The number of nitrogens with two attached hydrogens (primary N) is 1. The van der Waals surface area contributed by atoms with E-state index in [0.717, 1.165) is 19.3 Å². The molecule has 1 atom stereocenters. The third-order valence-electron chi connectivity index (χ3n) is 2.24. The quantitative estimate of drug-likeness (QED) is 0.602.